The molecule has 2 N–H and O–H groups in total. The van der Waals surface area contributed by atoms with Gasteiger partial charge in [-0.05, 0) is 43.0 Å². The van der Waals surface area contributed by atoms with E-state index in [9.17, 15) is 4.79 Å². The Balaban J connectivity index is 1.28. The summed E-state index contributed by atoms with van der Waals surface area (Å²) in [5.41, 5.74) is 3.77. The van der Waals surface area contributed by atoms with E-state index in [1.165, 1.54) is 11.3 Å². The summed E-state index contributed by atoms with van der Waals surface area (Å²) in [4.78, 5) is 14.7. The Labute approximate surface area is 167 Å². The molecule has 5 heteroatoms. The Morgan fingerprint density at radius 3 is 2.39 bits per heavy atom. The third-order valence-electron chi connectivity index (χ3n) is 5.94. The number of rotatable bonds is 6. The number of hydrogen-bond donors (Lipinski definition) is 2. The number of amides is 2. The highest BCUT2D eigenvalue weighted by Gasteiger charge is 2.44. The van der Waals surface area contributed by atoms with Crippen LogP contribution < -0.4 is 15.5 Å². The first-order valence-electron chi connectivity index (χ1n) is 10.2. The standard InChI is InChI=1S/C23H29N3O2/c1-18(19-7-9-21(10-8-19)26-13-15-28-16-14-26)25-22(27)24-17-23(11-12-23)20-5-3-2-4-6-20/h2-10,18H,11-17H2,1H3,(H2,24,25,27). The lowest BCUT2D eigenvalue weighted by Crippen LogP contribution is -2.40. The molecular formula is C23H29N3O2. The Kier molecular flexibility index (Phi) is 5.53. The zero-order valence-corrected chi connectivity index (χ0v) is 16.5. The number of hydrogen-bond acceptors (Lipinski definition) is 3. The zero-order valence-electron chi connectivity index (χ0n) is 16.5. The molecule has 1 atom stereocenters. The van der Waals surface area contributed by atoms with E-state index in [0.717, 1.165) is 44.7 Å². The summed E-state index contributed by atoms with van der Waals surface area (Å²) >= 11 is 0. The van der Waals surface area contributed by atoms with E-state index < -0.39 is 0 Å². The van der Waals surface area contributed by atoms with Crippen LogP contribution in [-0.4, -0.2) is 38.9 Å². The van der Waals surface area contributed by atoms with Gasteiger partial charge < -0.3 is 20.3 Å². The second kappa shape index (κ2) is 8.23. The van der Waals surface area contributed by atoms with Gasteiger partial charge in [-0.3, -0.25) is 0 Å². The first-order valence-corrected chi connectivity index (χ1v) is 10.2. The molecule has 1 aliphatic carbocycles. The molecule has 148 valence electrons. The van der Waals surface area contributed by atoms with Crippen LogP contribution in [0.3, 0.4) is 0 Å². The molecule has 0 radical (unpaired) electrons. The predicted octanol–water partition coefficient (Wildman–Crippen LogP) is 3.62. The van der Waals surface area contributed by atoms with Gasteiger partial charge in [0.25, 0.3) is 0 Å². The summed E-state index contributed by atoms with van der Waals surface area (Å²) in [7, 11) is 0. The van der Waals surface area contributed by atoms with Crippen molar-refractivity contribution in [2.45, 2.75) is 31.2 Å². The van der Waals surface area contributed by atoms with Crippen molar-refractivity contribution in [2.75, 3.05) is 37.7 Å². The van der Waals surface area contributed by atoms with Gasteiger partial charge >= 0.3 is 6.03 Å². The van der Waals surface area contributed by atoms with E-state index >= 15 is 0 Å². The number of ether oxygens (including phenoxy) is 1. The maximum absolute atomic E-state index is 12.4. The Bertz CT molecular complexity index is 781. The van der Waals surface area contributed by atoms with Crippen LogP contribution in [0.5, 0.6) is 0 Å². The first-order chi connectivity index (χ1) is 13.7. The van der Waals surface area contributed by atoms with Crippen LogP contribution in [0.1, 0.15) is 36.9 Å². The van der Waals surface area contributed by atoms with Crippen molar-refractivity contribution in [1.29, 1.82) is 0 Å². The Morgan fingerprint density at radius 2 is 1.75 bits per heavy atom. The van der Waals surface area contributed by atoms with Gasteiger partial charge in [0.1, 0.15) is 0 Å². The second-order valence-electron chi connectivity index (χ2n) is 7.89. The quantitative estimate of drug-likeness (QED) is 0.806. The molecule has 28 heavy (non-hydrogen) atoms. The summed E-state index contributed by atoms with van der Waals surface area (Å²) in [5.74, 6) is 0. The van der Waals surface area contributed by atoms with Crippen molar-refractivity contribution in [3.05, 3.63) is 65.7 Å². The lowest BCUT2D eigenvalue weighted by molar-refractivity contribution is 0.122. The summed E-state index contributed by atoms with van der Waals surface area (Å²) in [6.07, 6.45) is 2.27. The van der Waals surface area contributed by atoms with Crippen molar-refractivity contribution in [3.8, 4) is 0 Å². The average Bonchev–Trinajstić information content (AvgIpc) is 3.55. The molecule has 0 bridgehead atoms. The SMILES string of the molecule is CC(NC(=O)NCC1(c2ccccc2)CC1)c1ccc(N2CCOCC2)cc1. The number of anilines is 1. The van der Waals surface area contributed by atoms with Crippen LogP contribution >= 0.6 is 0 Å². The van der Waals surface area contributed by atoms with Gasteiger partial charge in [0, 0.05) is 30.7 Å². The lowest BCUT2D eigenvalue weighted by atomic mass is 9.96. The summed E-state index contributed by atoms with van der Waals surface area (Å²) < 4.78 is 5.41. The average molecular weight is 380 g/mol. The van der Waals surface area contributed by atoms with Crippen LogP contribution in [0.25, 0.3) is 0 Å². The van der Waals surface area contributed by atoms with Gasteiger partial charge in [-0.2, -0.15) is 0 Å². The lowest BCUT2D eigenvalue weighted by Gasteiger charge is -2.29. The molecule has 2 aromatic carbocycles. The molecule has 1 unspecified atom stereocenters. The van der Waals surface area contributed by atoms with Crippen molar-refractivity contribution in [2.24, 2.45) is 0 Å². The minimum absolute atomic E-state index is 0.0365. The third-order valence-corrected chi connectivity index (χ3v) is 5.94. The minimum atomic E-state index is -0.105. The number of nitrogens with one attached hydrogen (secondary N) is 2. The van der Waals surface area contributed by atoms with Gasteiger partial charge in [-0.25, -0.2) is 4.79 Å². The Hall–Kier alpha value is -2.53. The first kappa shape index (κ1) is 18.8. The Morgan fingerprint density at radius 1 is 1.07 bits per heavy atom. The number of carbonyl (C=O) groups excluding carboxylic acids is 1. The minimum Gasteiger partial charge on any atom is -0.378 e. The van der Waals surface area contributed by atoms with E-state index in [4.69, 9.17) is 4.74 Å². The van der Waals surface area contributed by atoms with E-state index in [1.807, 2.05) is 13.0 Å². The molecule has 0 spiro atoms. The molecule has 2 aromatic rings. The smallest absolute Gasteiger partial charge is 0.315 e. The van der Waals surface area contributed by atoms with Crippen LogP contribution in [-0.2, 0) is 10.2 Å². The summed E-state index contributed by atoms with van der Waals surface area (Å²) in [6.45, 7) is 6.13. The van der Waals surface area contributed by atoms with Gasteiger partial charge in [0.05, 0.1) is 19.3 Å². The fourth-order valence-corrected chi connectivity index (χ4v) is 3.89. The molecule has 1 aliphatic heterocycles. The fourth-order valence-electron chi connectivity index (χ4n) is 3.89. The molecule has 5 nitrogen and oxygen atoms in total. The number of carbonyl (C=O) groups is 1. The molecule has 2 aliphatic rings. The van der Waals surface area contributed by atoms with Crippen LogP contribution in [0.15, 0.2) is 54.6 Å². The van der Waals surface area contributed by atoms with Crippen LogP contribution in [0.4, 0.5) is 10.5 Å². The van der Waals surface area contributed by atoms with Crippen molar-refractivity contribution < 1.29 is 9.53 Å². The summed E-state index contributed by atoms with van der Waals surface area (Å²) in [6, 6.07) is 18.8. The fraction of sp³-hybridized carbons (Fsp3) is 0.435. The van der Waals surface area contributed by atoms with Gasteiger partial charge in [-0.1, -0.05) is 42.5 Å². The van der Waals surface area contributed by atoms with Gasteiger partial charge in [-0.15, -0.1) is 0 Å². The van der Waals surface area contributed by atoms with Crippen LogP contribution in [0, 0.1) is 0 Å². The second-order valence-corrected chi connectivity index (χ2v) is 7.89. The van der Waals surface area contributed by atoms with Crippen molar-refractivity contribution in [1.82, 2.24) is 10.6 Å². The molecule has 1 saturated heterocycles. The normalized spacial score (nSPS) is 19.0. The van der Waals surface area contributed by atoms with Crippen molar-refractivity contribution in [3.63, 3.8) is 0 Å². The monoisotopic (exact) mass is 379 g/mol. The molecule has 2 amide bonds. The number of nitrogens with zero attached hydrogens (tertiary/aromatic N) is 1. The highest BCUT2D eigenvalue weighted by atomic mass is 16.5. The van der Waals surface area contributed by atoms with Gasteiger partial charge in [0.2, 0.25) is 0 Å². The zero-order chi connectivity index (χ0) is 19.4. The highest BCUT2D eigenvalue weighted by molar-refractivity contribution is 5.74. The summed E-state index contributed by atoms with van der Waals surface area (Å²) in [5, 5.41) is 6.14. The predicted molar refractivity (Wildman–Crippen MR) is 112 cm³/mol. The molecule has 1 saturated carbocycles. The third kappa shape index (κ3) is 4.30. The molecule has 0 aromatic heterocycles. The van der Waals surface area contributed by atoms with E-state index in [1.54, 1.807) is 0 Å². The molecule has 4 rings (SSSR count). The molecule has 2 fully saturated rings. The molecule has 1 heterocycles. The molecular weight excluding hydrogens is 350 g/mol. The number of urea groups is 1. The van der Waals surface area contributed by atoms with Crippen LogP contribution in [0.2, 0.25) is 0 Å². The van der Waals surface area contributed by atoms with E-state index in [2.05, 4.69) is 64.1 Å². The van der Waals surface area contributed by atoms with Crippen molar-refractivity contribution >= 4 is 11.7 Å². The topological polar surface area (TPSA) is 53.6 Å². The highest BCUT2D eigenvalue weighted by Crippen LogP contribution is 2.47. The maximum atomic E-state index is 12.4. The van der Waals surface area contributed by atoms with E-state index in [-0.39, 0.29) is 17.5 Å². The number of benzene rings is 2. The van der Waals surface area contributed by atoms with E-state index in [0.29, 0.717) is 6.54 Å². The maximum Gasteiger partial charge on any atom is 0.315 e. The largest absolute Gasteiger partial charge is 0.378 e. The van der Waals surface area contributed by atoms with Gasteiger partial charge in [0.15, 0.2) is 0 Å². The number of morpholine rings is 1.